The molecule has 0 N–H and O–H groups in total. The van der Waals surface area contributed by atoms with Crippen LogP contribution >= 0.6 is 11.3 Å². The van der Waals surface area contributed by atoms with Gasteiger partial charge in [-0.05, 0) is 47.1 Å². The van der Waals surface area contributed by atoms with Crippen molar-refractivity contribution in [2.45, 2.75) is 65.3 Å². The highest BCUT2D eigenvalue weighted by molar-refractivity contribution is 7.24. The molecule has 0 amide bonds. The number of carbonyl (C=O) groups is 1. The van der Waals surface area contributed by atoms with Crippen LogP contribution in [0, 0.1) is 0 Å². The Bertz CT molecular complexity index is 565. The molecule has 1 aromatic heterocycles. The fourth-order valence-electron chi connectivity index (χ4n) is 2.09. The van der Waals surface area contributed by atoms with Gasteiger partial charge in [-0.1, -0.05) is 6.92 Å². The molecule has 0 spiro atoms. The summed E-state index contributed by atoms with van der Waals surface area (Å²) in [5.41, 5.74) is -0.852. The Kier molecular flexibility index (Phi) is 5.13. The van der Waals surface area contributed by atoms with E-state index in [9.17, 15) is 4.79 Å². The van der Waals surface area contributed by atoms with Crippen LogP contribution in [-0.4, -0.2) is 37.5 Å². The number of ether oxygens (including phenoxy) is 2. The smallest absolute Gasteiger partial charge is 0.489 e. The summed E-state index contributed by atoms with van der Waals surface area (Å²) in [5.74, 6) is 0.122. The fraction of sp³-hybridized carbons (Fsp3) is 0.688. The van der Waals surface area contributed by atoms with Gasteiger partial charge in [0.2, 0.25) is 0 Å². The zero-order chi connectivity index (χ0) is 17.4. The van der Waals surface area contributed by atoms with Crippen LogP contribution in [0.15, 0.2) is 6.07 Å². The van der Waals surface area contributed by atoms with Gasteiger partial charge in [0, 0.05) is 4.78 Å². The molecule has 0 saturated carbocycles. The van der Waals surface area contributed by atoms with Crippen molar-refractivity contribution in [2.24, 2.45) is 0 Å². The van der Waals surface area contributed by atoms with Gasteiger partial charge in [-0.2, -0.15) is 0 Å². The van der Waals surface area contributed by atoms with Crippen molar-refractivity contribution in [1.82, 2.24) is 0 Å². The predicted molar refractivity (Wildman–Crippen MR) is 91.8 cm³/mol. The van der Waals surface area contributed by atoms with Crippen LogP contribution in [0.5, 0.6) is 5.75 Å². The minimum atomic E-state index is -0.511. The normalized spacial score (nSPS) is 20.4. The van der Waals surface area contributed by atoms with Gasteiger partial charge in [0.1, 0.15) is 5.75 Å². The second-order valence-corrected chi connectivity index (χ2v) is 7.84. The van der Waals surface area contributed by atoms with Crippen molar-refractivity contribution in [3.63, 3.8) is 0 Å². The van der Waals surface area contributed by atoms with E-state index in [-0.39, 0.29) is 6.10 Å². The van der Waals surface area contributed by atoms with Crippen LogP contribution in [-0.2, 0) is 14.0 Å². The van der Waals surface area contributed by atoms with Gasteiger partial charge in [-0.15, -0.1) is 11.3 Å². The van der Waals surface area contributed by atoms with Gasteiger partial charge in [0.05, 0.1) is 24.4 Å². The van der Waals surface area contributed by atoms with Crippen molar-refractivity contribution in [3.8, 4) is 5.75 Å². The van der Waals surface area contributed by atoms with E-state index in [4.69, 9.17) is 18.8 Å². The van der Waals surface area contributed by atoms with Crippen molar-refractivity contribution in [2.75, 3.05) is 7.11 Å². The first kappa shape index (κ1) is 18.3. The van der Waals surface area contributed by atoms with Gasteiger partial charge >= 0.3 is 13.1 Å². The molecule has 2 rings (SSSR count). The Balaban J connectivity index is 2.32. The third-order valence-corrected chi connectivity index (χ3v) is 5.59. The lowest BCUT2D eigenvalue weighted by Gasteiger charge is -2.32. The third-order valence-electron chi connectivity index (χ3n) is 4.48. The van der Waals surface area contributed by atoms with Crippen LogP contribution in [0.2, 0.25) is 0 Å². The third kappa shape index (κ3) is 3.57. The van der Waals surface area contributed by atoms with Crippen molar-refractivity contribution >= 4 is 29.2 Å². The summed E-state index contributed by atoms with van der Waals surface area (Å²) >= 11 is 1.29. The second kappa shape index (κ2) is 6.45. The molecule has 1 unspecified atom stereocenters. The molecule has 1 aliphatic heterocycles. The standard InChI is InChI=1S/C16H25BO5S/c1-8-10(2)20-11-9-12(23-13(11)14(18)19-7)17-21-15(3,4)16(5,6)22-17/h9-10H,8H2,1-7H3. The van der Waals surface area contributed by atoms with Crippen LogP contribution < -0.4 is 9.51 Å². The van der Waals surface area contributed by atoms with Gasteiger partial charge in [0.15, 0.2) is 4.88 Å². The molecule has 1 atom stereocenters. The predicted octanol–water partition coefficient (Wildman–Crippen LogP) is 3.01. The monoisotopic (exact) mass is 340 g/mol. The first-order chi connectivity index (χ1) is 10.6. The molecule has 1 aliphatic rings. The molecule has 2 heterocycles. The fourth-order valence-corrected chi connectivity index (χ4v) is 3.06. The summed E-state index contributed by atoms with van der Waals surface area (Å²) < 4.78 is 23.6. The Morgan fingerprint density at radius 2 is 1.87 bits per heavy atom. The first-order valence-electron chi connectivity index (χ1n) is 7.85. The number of carbonyl (C=O) groups excluding carboxylic acids is 1. The molecule has 1 aromatic rings. The number of thiophene rings is 1. The van der Waals surface area contributed by atoms with E-state index < -0.39 is 24.3 Å². The maximum absolute atomic E-state index is 12.0. The Hall–Kier alpha value is -1.05. The molecular weight excluding hydrogens is 315 g/mol. The van der Waals surface area contributed by atoms with Gasteiger partial charge in [0.25, 0.3) is 0 Å². The van der Waals surface area contributed by atoms with E-state index in [2.05, 4.69) is 0 Å². The largest absolute Gasteiger partial charge is 0.505 e. The lowest BCUT2D eigenvalue weighted by Crippen LogP contribution is -2.41. The van der Waals surface area contributed by atoms with E-state index >= 15 is 0 Å². The number of rotatable bonds is 5. The van der Waals surface area contributed by atoms with Crippen molar-refractivity contribution < 1.29 is 23.6 Å². The van der Waals surface area contributed by atoms with E-state index in [0.29, 0.717) is 10.6 Å². The summed E-state index contributed by atoms with van der Waals surface area (Å²) in [6, 6.07) is 1.82. The summed E-state index contributed by atoms with van der Waals surface area (Å²) in [6.45, 7) is 12.0. The van der Waals surface area contributed by atoms with Gasteiger partial charge in [-0.25, -0.2) is 4.79 Å². The van der Waals surface area contributed by atoms with Crippen LogP contribution in [0.25, 0.3) is 0 Å². The highest BCUT2D eigenvalue weighted by Gasteiger charge is 2.52. The molecule has 0 aromatic carbocycles. The summed E-state index contributed by atoms with van der Waals surface area (Å²) in [4.78, 5) is 12.5. The van der Waals surface area contributed by atoms with Gasteiger partial charge < -0.3 is 18.8 Å². The average molecular weight is 340 g/mol. The zero-order valence-corrected chi connectivity index (χ0v) is 15.7. The van der Waals surface area contributed by atoms with Crippen LogP contribution in [0.4, 0.5) is 0 Å². The minimum Gasteiger partial charge on any atom is -0.489 e. The summed E-state index contributed by atoms with van der Waals surface area (Å²) in [5, 5.41) is 0. The number of esters is 1. The lowest BCUT2D eigenvalue weighted by molar-refractivity contribution is 0.00578. The summed E-state index contributed by atoms with van der Waals surface area (Å²) in [6.07, 6.45) is 0.863. The molecule has 128 valence electrons. The summed E-state index contributed by atoms with van der Waals surface area (Å²) in [7, 11) is 0.853. The van der Waals surface area contributed by atoms with Gasteiger partial charge in [-0.3, -0.25) is 0 Å². The Morgan fingerprint density at radius 1 is 1.30 bits per heavy atom. The van der Waals surface area contributed by atoms with Crippen LogP contribution in [0.3, 0.4) is 0 Å². The Labute approximate surface area is 142 Å². The molecule has 7 heteroatoms. The molecule has 5 nitrogen and oxygen atoms in total. The SMILES string of the molecule is CCC(C)Oc1cc(B2OC(C)(C)C(C)(C)O2)sc1C(=O)OC. The molecule has 0 radical (unpaired) electrons. The maximum atomic E-state index is 12.0. The molecule has 23 heavy (non-hydrogen) atoms. The highest BCUT2D eigenvalue weighted by atomic mass is 32.1. The number of hydrogen-bond donors (Lipinski definition) is 0. The first-order valence-corrected chi connectivity index (χ1v) is 8.67. The van der Waals surface area contributed by atoms with Crippen molar-refractivity contribution in [3.05, 3.63) is 10.9 Å². The highest BCUT2D eigenvalue weighted by Crippen LogP contribution is 2.38. The zero-order valence-electron chi connectivity index (χ0n) is 14.9. The molecule has 1 saturated heterocycles. The van der Waals surface area contributed by atoms with E-state index in [1.54, 1.807) is 0 Å². The molecule has 0 bridgehead atoms. The van der Waals surface area contributed by atoms with Crippen LogP contribution in [0.1, 0.15) is 57.6 Å². The van der Waals surface area contributed by atoms with E-state index in [0.717, 1.165) is 11.2 Å². The quantitative estimate of drug-likeness (QED) is 0.609. The molecule has 1 fully saturated rings. The van der Waals surface area contributed by atoms with Crippen molar-refractivity contribution in [1.29, 1.82) is 0 Å². The maximum Gasteiger partial charge on any atom is 0.505 e. The second-order valence-electron chi connectivity index (χ2n) is 6.76. The average Bonchev–Trinajstić information content (AvgIpc) is 2.97. The topological polar surface area (TPSA) is 54.0 Å². The Morgan fingerprint density at radius 3 is 2.35 bits per heavy atom. The molecular formula is C16H25BO5S. The number of hydrogen-bond acceptors (Lipinski definition) is 6. The van der Waals surface area contributed by atoms with E-state index in [1.165, 1.54) is 18.4 Å². The molecule has 0 aliphatic carbocycles. The lowest BCUT2D eigenvalue weighted by atomic mass is 9.88. The van der Waals surface area contributed by atoms with E-state index in [1.807, 2.05) is 47.6 Å². The minimum absolute atomic E-state index is 0.0131. The number of methoxy groups -OCH3 is 1.